The van der Waals surface area contributed by atoms with Crippen molar-refractivity contribution in [2.45, 2.75) is 26.8 Å². The number of halogens is 2. The number of furan rings is 1. The lowest BCUT2D eigenvalue weighted by molar-refractivity contribution is 0.0922. The Bertz CT molecular complexity index is 917. The fraction of sp³-hybridized carbons (Fsp3) is 0.263. The van der Waals surface area contributed by atoms with E-state index in [2.05, 4.69) is 24.3 Å². The van der Waals surface area contributed by atoms with E-state index in [4.69, 9.17) is 27.6 Å². The van der Waals surface area contributed by atoms with Gasteiger partial charge in [0.15, 0.2) is 5.76 Å². The molecule has 0 bridgehead atoms. The van der Waals surface area contributed by atoms with Crippen molar-refractivity contribution in [3.8, 4) is 17.1 Å². The monoisotopic (exact) mass is 391 g/mol. The summed E-state index contributed by atoms with van der Waals surface area (Å²) < 4.78 is 6.96. The molecule has 0 spiro atoms. The Morgan fingerprint density at radius 1 is 1.15 bits per heavy atom. The number of hydrogen-bond donors (Lipinski definition) is 1. The van der Waals surface area contributed by atoms with Crippen LogP contribution in [0, 0.1) is 5.92 Å². The highest BCUT2D eigenvalue weighted by Crippen LogP contribution is 2.27. The molecule has 0 unspecified atom stereocenters. The number of carbonyl (C=O) groups is 1. The van der Waals surface area contributed by atoms with Crippen LogP contribution in [0.1, 0.15) is 31.3 Å². The van der Waals surface area contributed by atoms with E-state index < -0.39 is 0 Å². The molecule has 5 nitrogen and oxygen atoms in total. The van der Waals surface area contributed by atoms with Crippen molar-refractivity contribution in [1.82, 2.24) is 15.1 Å². The number of hydrogen-bond acceptors (Lipinski definition) is 3. The Labute approximate surface area is 161 Å². The summed E-state index contributed by atoms with van der Waals surface area (Å²) in [5, 5.41) is 8.36. The number of nitrogens with zero attached hydrogens (tertiary/aromatic N) is 2. The second kappa shape index (κ2) is 7.56. The van der Waals surface area contributed by atoms with Gasteiger partial charge in [0.05, 0.1) is 22.0 Å². The average Bonchev–Trinajstić information content (AvgIpc) is 3.26. The smallest absolute Gasteiger partial charge is 0.270 e. The molecule has 2 heterocycles. The van der Waals surface area contributed by atoms with Crippen LogP contribution in [-0.4, -0.2) is 21.7 Å². The molecule has 0 radical (unpaired) electrons. The van der Waals surface area contributed by atoms with Gasteiger partial charge >= 0.3 is 0 Å². The standard InChI is InChI=1S/C19H19Cl2N3O2/c1-11(2)12(3)22-19(25)17-10-16(18-5-4-8-26-18)23-24(17)13-6-7-14(20)15(21)9-13/h4-12H,1-3H3,(H,22,25)/t12-/m1/s1. The first-order chi connectivity index (χ1) is 12.4. The van der Waals surface area contributed by atoms with Crippen LogP contribution in [0.2, 0.25) is 10.0 Å². The number of amides is 1. The number of benzene rings is 1. The molecule has 3 aromatic rings. The Morgan fingerprint density at radius 3 is 2.54 bits per heavy atom. The van der Waals surface area contributed by atoms with E-state index in [1.54, 1.807) is 47.3 Å². The van der Waals surface area contributed by atoms with E-state index in [-0.39, 0.29) is 11.9 Å². The van der Waals surface area contributed by atoms with Crippen molar-refractivity contribution in [2.24, 2.45) is 5.92 Å². The second-order valence-electron chi connectivity index (χ2n) is 6.41. The van der Waals surface area contributed by atoms with Gasteiger partial charge in [-0.25, -0.2) is 4.68 Å². The summed E-state index contributed by atoms with van der Waals surface area (Å²) in [6, 6.07) is 10.4. The van der Waals surface area contributed by atoms with Gasteiger partial charge in [-0.3, -0.25) is 4.79 Å². The highest BCUT2D eigenvalue weighted by atomic mass is 35.5. The van der Waals surface area contributed by atoms with E-state index in [0.29, 0.717) is 38.8 Å². The molecule has 1 atom stereocenters. The van der Waals surface area contributed by atoms with Crippen LogP contribution in [0.3, 0.4) is 0 Å². The maximum Gasteiger partial charge on any atom is 0.270 e. The SMILES string of the molecule is CC(C)[C@@H](C)NC(=O)c1cc(-c2ccco2)nn1-c1ccc(Cl)c(Cl)c1. The lowest BCUT2D eigenvalue weighted by atomic mass is 10.1. The molecule has 0 fully saturated rings. The molecule has 2 aromatic heterocycles. The molecule has 7 heteroatoms. The summed E-state index contributed by atoms with van der Waals surface area (Å²) in [4.78, 5) is 12.8. The van der Waals surface area contributed by atoms with Crippen LogP contribution >= 0.6 is 23.2 Å². The topological polar surface area (TPSA) is 60.1 Å². The Kier molecular flexibility index (Phi) is 5.39. The minimum Gasteiger partial charge on any atom is -0.463 e. The molecule has 0 saturated heterocycles. The molecule has 0 aliphatic rings. The quantitative estimate of drug-likeness (QED) is 0.648. The third kappa shape index (κ3) is 3.79. The van der Waals surface area contributed by atoms with E-state index >= 15 is 0 Å². The Morgan fingerprint density at radius 2 is 1.92 bits per heavy atom. The second-order valence-corrected chi connectivity index (χ2v) is 7.22. The third-order valence-electron chi connectivity index (χ3n) is 4.22. The van der Waals surface area contributed by atoms with Crippen LogP contribution in [0.5, 0.6) is 0 Å². The highest BCUT2D eigenvalue weighted by Gasteiger charge is 2.21. The molecule has 136 valence electrons. The zero-order valence-electron chi connectivity index (χ0n) is 14.7. The number of nitrogens with one attached hydrogen (secondary N) is 1. The van der Waals surface area contributed by atoms with E-state index in [1.165, 1.54) is 0 Å². The zero-order valence-corrected chi connectivity index (χ0v) is 16.2. The van der Waals surface area contributed by atoms with Crippen molar-refractivity contribution in [1.29, 1.82) is 0 Å². The van der Waals surface area contributed by atoms with Gasteiger partial charge in [-0.15, -0.1) is 0 Å². The molecule has 0 aliphatic heterocycles. The fourth-order valence-corrected chi connectivity index (χ4v) is 2.64. The maximum absolute atomic E-state index is 12.8. The highest BCUT2D eigenvalue weighted by molar-refractivity contribution is 6.42. The van der Waals surface area contributed by atoms with Crippen molar-refractivity contribution >= 4 is 29.1 Å². The molecule has 0 aliphatic carbocycles. The largest absolute Gasteiger partial charge is 0.463 e. The third-order valence-corrected chi connectivity index (χ3v) is 4.96. The Hall–Kier alpha value is -2.24. The zero-order chi connectivity index (χ0) is 18.8. The van der Waals surface area contributed by atoms with Crippen LogP contribution in [-0.2, 0) is 0 Å². The van der Waals surface area contributed by atoms with Crippen LogP contribution in [0.25, 0.3) is 17.1 Å². The lowest BCUT2D eigenvalue weighted by Crippen LogP contribution is -2.37. The Balaban J connectivity index is 2.06. The summed E-state index contributed by atoms with van der Waals surface area (Å²) in [5.74, 6) is 0.669. The van der Waals surface area contributed by atoms with Crippen molar-refractivity contribution < 1.29 is 9.21 Å². The molecule has 1 amide bonds. The summed E-state index contributed by atoms with van der Waals surface area (Å²) in [6.45, 7) is 6.07. The van der Waals surface area contributed by atoms with Gasteiger partial charge in [-0.1, -0.05) is 37.0 Å². The van der Waals surface area contributed by atoms with E-state index in [0.717, 1.165) is 0 Å². The minimum atomic E-state index is -0.220. The molecule has 1 N–H and O–H groups in total. The normalized spacial score (nSPS) is 12.4. The predicted octanol–water partition coefficient (Wildman–Crippen LogP) is 5.21. The van der Waals surface area contributed by atoms with Crippen molar-refractivity contribution in [2.75, 3.05) is 0 Å². The van der Waals surface area contributed by atoms with E-state index in [1.807, 2.05) is 6.92 Å². The van der Waals surface area contributed by atoms with Crippen LogP contribution in [0.15, 0.2) is 47.1 Å². The van der Waals surface area contributed by atoms with Crippen LogP contribution in [0.4, 0.5) is 0 Å². The van der Waals surface area contributed by atoms with Gasteiger partial charge < -0.3 is 9.73 Å². The summed E-state index contributed by atoms with van der Waals surface area (Å²) >= 11 is 12.1. The first-order valence-corrected chi connectivity index (χ1v) is 9.02. The first-order valence-electron chi connectivity index (χ1n) is 8.27. The van der Waals surface area contributed by atoms with Gasteiger partial charge in [0.2, 0.25) is 0 Å². The molecule has 0 saturated carbocycles. The number of rotatable bonds is 5. The molecular weight excluding hydrogens is 373 g/mol. The summed E-state index contributed by atoms with van der Waals surface area (Å²) in [6.07, 6.45) is 1.56. The number of carbonyl (C=O) groups excluding carboxylic acids is 1. The summed E-state index contributed by atoms with van der Waals surface area (Å²) in [7, 11) is 0. The lowest BCUT2D eigenvalue weighted by Gasteiger charge is -2.17. The maximum atomic E-state index is 12.8. The minimum absolute atomic E-state index is 0.0201. The number of aromatic nitrogens is 2. The fourth-order valence-electron chi connectivity index (χ4n) is 2.35. The molecule has 3 rings (SSSR count). The van der Waals surface area contributed by atoms with E-state index in [9.17, 15) is 4.79 Å². The predicted molar refractivity (Wildman–Crippen MR) is 103 cm³/mol. The molecule has 1 aromatic carbocycles. The van der Waals surface area contributed by atoms with Crippen LogP contribution < -0.4 is 5.32 Å². The molecule has 26 heavy (non-hydrogen) atoms. The van der Waals surface area contributed by atoms with Crippen molar-refractivity contribution in [3.05, 3.63) is 58.4 Å². The van der Waals surface area contributed by atoms with Gasteiger partial charge in [0, 0.05) is 12.1 Å². The first kappa shape index (κ1) is 18.5. The van der Waals surface area contributed by atoms with Crippen molar-refractivity contribution in [3.63, 3.8) is 0 Å². The van der Waals surface area contributed by atoms with Gasteiger partial charge in [-0.2, -0.15) is 5.10 Å². The van der Waals surface area contributed by atoms with Gasteiger partial charge in [0.25, 0.3) is 5.91 Å². The average molecular weight is 392 g/mol. The summed E-state index contributed by atoms with van der Waals surface area (Å²) in [5.41, 5.74) is 1.59. The molecular formula is C19H19Cl2N3O2. The van der Waals surface area contributed by atoms with Gasteiger partial charge in [0.1, 0.15) is 11.4 Å². The van der Waals surface area contributed by atoms with Gasteiger partial charge in [-0.05, 0) is 43.2 Å².